The normalized spacial score (nSPS) is 10.6. The molecule has 0 unspecified atom stereocenters. The van der Waals surface area contributed by atoms with E-state index in [4.69, 9.17) is 9.26 Å². The molecule has 26 heavy (non-hydrogen) atoms. The average Bonchev–Trinajstić information content (AvgIpc) is 3.00. The van der Waals surface area contributed by atoms with E-state index in [1.54, 1.807) is 13.1 Å². The Morgan fingerprint density at radius 1 is 1.23 bits per heavy atom. The van der Waals surface area contributed by atoms with E-state index in [2.05, 4.69) is 19.9 Å². The summed E-state index contributed by atoms with van der Waals surface area (Å²) in [4.78, 5) is 19.3. The summed E-state index contributed by atoms with van der Waals surface area (Å²) in [6.45, 7) is 3.72. The van der Waals surface area contributed by atoms with Gasteiger partial charge in [-0.3, -0.25) is 4.98 Å². The molecule has 0 atom stereocenters. The Morgan fingerprint density at radius 3 is 2.69 bits per heavy atom. The van der Waals surface area contributed by atoms with Crippen molar-refractivity contribution in [1.82, 2.24) is 15.1 Å². The first-order chi connectivity index (χ1) is 12.5. The average molecular weight is 357 g/mol. The van der Waals surface area contributed by atoms with E-state index in [9.17, 15) is 9.18 Å². The molecule has 0 aliphatic rings. The molecular formula is C18H16FN3O4. The summed E-state index contributed by atoms with van der Waals surface area (Å²) in [5.41, 5.74) is 2.72. The highest BCUT2D eigenvalue weighted by molar-refractivity contribution is 5.89. The summed E-state index contributed by atoms with van der Waals surface area (Å²) >= 11 is 0. The number of carbonyl (C=O) groups excluding carboxylic acids is 1. The summed E-state index contributed by atoms with van der Waals surface area (Å²) in [5, 5.41) is 4.04. The second-order valence-corrected chi connectivity index (χ2v) is 5.52. The van der Waals surface area contributed by atoms with Gasteiger partial charge < -0.3 is 14.0 Å². The maximum atomic E-state index is 13.9. The van der Waals surface area contributed by atoms with Crippen LogP contribution >= 0.6 is 0 Å². The van der Waals surface area contributed by atoms with Crippen LogP contribution in [0.2, 0.25) is 0 Å². The maximum Gasteiger partial charge on any atom is 0.342 e. The van der Waals surface area contributed by atoms with Gasteiger partial charge in [0, 0.05) is 23.5 Å². The number of halogens is 1. The summed E-state index contributed by atoms with van der Waals surface area (Å²) in [5.74, 6) is -1.15. The first-order valence-electron chi connectivity index (χ1n) is 7.75. The fraction of sp³-hybridized carbons (Fsp3) is 0.222. The molecule has 0 radical (unpaired) electrons. The highest BCUT2D eigenvalue weighted by Gasteiger charge is 2.18. The number of rotatable bonds is 5. The van der Waals surface area contributed by atoms with Crippen LogP contribution in [0, 0.1) is 19.8 Å². The van der Waals surface area contributed by atoms with E-state index in [1.165, 1.54) is 19.2 Å². The van der Waals surface area contributed by atoms with Crippen molar-refractivity contribution < 1.29 is 23.2 Å². The van der Waals surface area contributed by atoms with Crippen LogP contribution in [0.25, 0.3) is 11.3 Å². The minimum absolute atomic E-state index is 0.0312. The Hall–Kier alpha value is -3.29. The second kappa shape index (κ2) is 7.30. The molecule has 134 valence electrons. The molecule has 8 heteroatoms. The lowest BCUT2D eigenvalue weighted by Crippen LogP contribution is -2.07. The van der Waals surface area contributed by atoms with Gasteiger partial charge in [-0.25, -0.2) is 4.79 Å². The van der Waals surface area contributed by atoms with Crippen molar-refractivity contribution in [2.24, 2.45) is 0 Å². The van der Waals surface area contributed by atoms with Crippen molar-refractivity contribution in [1.29, 1.82) is 0 Å². The fourth-order valence-corrected chi connectivity index (χ4v) is 2.30. The van der Waals surface area contributed by atoms with E-state index in [1.807, 2.05) is 19.1 Å². The zero-order valence-electron chi connectivity index (χ0n) is 14.4. The summed E-state index contributed by atoms with van der Waals surface area (Å²) in [7, 11) is 1.17. The number of hydrogen-bond donors (Lipinski definition) is 0. The molecule has 0 aromatic carbocycles. The Balaban J connectivity index is 1.80. The fourth-order valence-electron chi connectivity index (χ4n) is 2.30. The van der Waals surface area contributed by atoms with Crippen LogP contribution in [0.15, 0.2) is 35.0 Å². The Morgan fingerprint density at radius 2 is 2.04 bits per heavy atom. The number of ether oxygens (including phenoxy) is 2. The third kappa shape index (κ3) is 3.53. The minimum atomic E-state index is -0.959. The molecule has 0 amide bonds. The number of esters is 1. The number of aromatic nitrogens is 3. The smallest absolute Gasteiger partial charge is 0.342 e. The van der Waals surface area contributed by atoms with Gasteiger partial charge >= 0.3 is 5.97 Å². The van der Waals surface area contributed by atoms with Gasteiger partial charge in [0.15, 0.2) is 0 Å². The van der Waals surface area contributed by atoms with Crippen molar-refractivity contribution >= 4 is 5.97 Å². The van der Waals surface area contributed by atoms with Crippen molar-refractivity contribution in [3.05, 3.63) is 59.0 Å². The van der Waals surface area contributed by atoms with E-state index in [0.29, 0.717) is 17.0 Å². The topological polar surface area (TPSA) is 87.3 Å². The van der Waals surface area contributed by atoms with E-state index >= 15 is 0 Å². The monoisotopic (exact) mass is 357 g/mol. The molecule has 7 nitrogen and oxygen atoms in total. The first-order valence-corrected chi connectivity index (χ1v) is 7.75. The van der Waals surface area contributed by atoms with Gasteiger partial charge in [-0.1, -0.05) is 5.16 Å². The van der Waals surface area contributed by atoms with Gasteiger partial charge in [-0.15, -0.1) is 0 Å². The van der Waals surface area contributed by atoms with E-state index in [-0.39, 0.29) is 18.1 Å². The summed E-state index contributed by atoms with van der Waals surface area (Å²) in [6, 6.07) is 6.40. The molecule has 0 bridgehead atoms. The SMILES string of the molecule is COC(=O)c1ccc(OCc2c(-c3ccc(C)nc3)noc2C)nc1F. The van der Waals surface area contributed by atoms with Crippen molar-refractivity contribution in [3.63, 3.8) is 0 Å². The second-order valence-electron chi connectivity index (χ2n) is 5.52. The van der Waals surface area contributed by atoms with E-state index in [0.717, 1.165) is 11.3 Å². The standard InChI is InChI=1S/C18H16FN3O4/c1-10-4-5-12(8-20-10)16-14(11(2)26-22-16)9-25-15-7-6-13(17(19)21-15)18(23)24-3/h4-8H,9H2,1-3H3. The predicted octanol–water partition coefficient (Wildman–Crippen LogP) is 3.25. The van der Waals surface area contributed by atoms with Crippen LogP contribution in [0.3, 0.4) is 0 Å². The van der Waals surface area contributed by atoms with Gasteiger partial charge in [-0.2, -0.15) is 9.37 Å². The zero-order chi connectivity index (χ0) is 18.7. The zero-order valence-corrected chi connectivity index (χ0v) is 14.4. The van der Waals surface area contributed by atoms with E-state index < -0.39 is 11.9 Å². The molecule has 0 aliphatic heterocycles. The molecule has 0 spiro atoms. The molecule has 0 N–H and O–H groups in total. The quantitative estimate of drug-likeness (QED) is 0.511. The Kier molecular flexibility index (Phi) is 4.92. The molecule has 0 saturated carbocycles. The molecular weight excluding hydrogens is 341 g/mol. The molecule has 3 heterocycles. The van der Waals surface area contributed by atoms with Crippen LogP contribution in [0.4, 0.5) is 4.39 Å². The molecule has 3 aromatic rings. The van der Waals surface area contributed by atoms with Gasteiger partial charge in [0.05, 0.1) is 12.7 Å². The molecule has 0 fully saturated rings. The molecule has 3 aromatic heterocycles. The number of aryl methyl sites for hydroxylation is 2. The number of carbonyl (C=O) groups is 1. The van der Waals surface area contributed by atoms with Crippen molar-refractivity contribution in [3.8, 4) is 17.1 Å². The molecule has 0 saturated heterocycles. The molecule has 0 aliphatic carbocycles. The number of pyridine rings is 2. The Bertz CT molecular complexity index is 938. The van der Waals surface area contributed by atoms with Crippen LogP contribution in [-0.2, 0) is 11.3 Å². The number of methoxy groups -OCH3 is 1. The lowest BCUT2D eigenvalue weighted by atomic mass is 10.1. The van der Waals surface area contributed by atoms with Gasteiger partial charge in [0.2, 0.25) is 11.8 Å². The summed E-state index contributed by atoms with van der Waals surface area (Å²) in [6.07, 6.45) is 1.69. The predicted molar refractivity (Wildman–Crippen MR) is 89.1 cm³/mol. The van der Waals surface area contributed by atoms with Crippen molar-refractivity contribution in [2.75, 3.05) is 7.11 Å². The van der Waals surface area contributed by atoms with Gasteiger partial charge in [0.25, 0.3) is 0 Å². The highest BCUT2D eigenvalue weighted by Crippen LogP contribution is 2.26. The van der Waals surface area contributed by atoms with Crippen LogP contribution in [0.1, 0.15) is 27.4 Å². The van der Waals surface area contributed by atoms with Crippen LogP contribution < -0.4 is 4.74 Å². The molecule has 3 rings (SSSR count). The lowest BCUT2D eigenvalue weighted by Gasteiger charge is -2.07. The first kappa shape index (κ1) is 17.5. The largest absolute Gasteiger partial charge is 0.473 e. The third-order valence-electron chi connectivity index (χ3n) is 3.76. The van der Waals surface area contributed by atoms with Gasteiger partial charge in [-0.05, 0) is 32.0 Å². The van der Waals surface area contributed by atoms with Crippen molar-refractivity contribution in [2.45, 2.75) is 20.5 Å². The minimum Gasteiger partial charge on any atom is -0.473 e. The number of hydrogen-bond acceptors (Lipinski definition) is 7. The third-order valence-corrected chi connectivity index (χ3v) is 3.76. The summed E-state index contributed by atoms with van der Waals surface area (Å²) < 4.78 is 29.1. The number of nitrogens with zero attached hydrogens (tertiary/aromatic N) is 3. The highest BCUT2D eigenvalue weighted by atomic mass is 19.1. The van der Waals surface area contributed by atoms with Crippen LogP contribution in [-0.4, -0.2) is 28.2 Å². The Labute approximate surface area is 148 Å². The van der Waals surface area contributed by atoms with Crippen LogP contribution in [0.5, 0.6) is 5.88 Å². The maximum absolute atomic E-state index is 13.9. The lowest BCUT2D eigenvalue weighted by molar-refractivity contribution is 0.0594. The van der Waals surface area contributed by atoms with Gasteiger partial charge in [0.1, 0.15) is 23.6 Å².